The first kappa shape index (κ1) is 14.0. The molecule has 1 aliphatic heterocycles. The lowest BCUT2D eigenvalue weighted by Gasteiger charge is -2.26. The Hall–Kier alpha value is -0.970. The summed E-state index contributed by atoms with van der Waals surface area (Å²) in [4.78, 5) is 0.966. The van der Waals surface area contributed by atoms with E-state index in [-0.39, 0.29) is 4.88 Å². The van der Waals surface area contributed by atoms with Crippen LogP contribution < -0.4 is 0 Å². The Bertz CT molecular complexity index is 639. The van der Waals surface area contributed by atoms with Crippen molar-refractivity contribution in [3.05, 3.63) is 55.7 Å². The molecule has 0 aliphatic carbocycles. The van der Waals surface area contributed by atoms with Gasteiger partial charge in [0.25, 0.3) is 6.43 Å². The first-order chi connectivity index (χ1) is 9.56. The van der Waals surface area contributed by atoms with E-state index in [0.717, 1.165) is 33.8 Å². The van der Waals surface area contributed by atoms with Gasteiger partial charge in [-0.15, -0.1) is 11.3 Å². The standard InChI is InChI=1S/C15H13ClF2OS/c1-8-6-12(14(20-8)15(17)18)13-11-7-10(16)3-2-9(11)4-5-19-13/h2-3,6-7,13,15H,4-5H2,1H3. The second-order valence-corrected chi connectivity index (χ2v) is 6.55. The molecule has 1 atom stereocenters. The normalized spacial score (nSPS) is 18.4. The highest BCUT2D eigenvalue weighted by molar-refractivity contribution is 7.12. The molecule has 0 fully saturated rings. The highest BCUT2D eigenvalue weighted by Crippen LogP contribution is 2.41. The van der Waals surface area contributed by atoms with Crippen LogP contribution in [0.5, 0.6) is 0 Å². The third kappa shape index (κ3) is 2.48. The van der Waals surface area contributed by atoms with Gasteiger partial charge in [0.15, 0.2) is 0 Å². The van der Waals surface area contributed by atoms with Crippen LogP contribution in [0.3, 0.4) is 0 Å². The van der Waals surface area contributed by atoms with E-state index in [1.165, 1.54) is 0 Å². The van der Waals surface area contributed by atoms with Crippen molar-refractivity contribution in [3.63, 3.8) is 0 Å². The molecule has 0 radical (unpaired) electrons. The zero-order valence-electron chi connectivity index (χ0n) is 10.8. The van der Waals surface area contributed by atoms with Crippen LogP contribution in [0.25, 0.3) is 0 Å². The number of thiophene rings is 1. The molecule has 0 spiro atoms. The van der Waals surface area contributed by atoms with Gasteiger partial charge < -0.3 is 4.74 Å². The Morgan fingerprint density at radius 1 is 1.30 bits per heavy atom. The summed E-state index contributed by atoms with van der Waals surface area (Å²) in [5.41, 5.74) is 2.60. The molecular formula is C15H13ClF2OS. The maximum atomic E-state index is 13.2. The monoisotopic (exact) mass is 314 g/mol. The highest BCUT2D eigenvalue weighted by atomic mass is 35.5. The zero-order chi connectivity index (χ0) is 14.3. The predicted molar refractivity (Wildman–Crippen MR) is 77.0 cm³/mol. The van der Waals surface area contributed by atoms with E-state index in [4.69, 9.17) is 16.3 Å². The lowest BCUT2D eigenvalue weighted by atomic mass is 9.93. The van der Waals surface area contributed by atoms with Crippen molar-refractivity contribution >= 4 is 22.9 Å². The largest absolute Gasteiger partial charge is 0.368 e. The average molecular weight is 315 g/mol. The molecule has 106 valence electrons. The van der Waals surface area contributed by atoms with Gasteiger partial charge in [0, 0.05) is 15.5 Å². The molecule has 0 amide bonds. The summed E-state index contributed by atoms with van der Waals surface area (Å²) >= 11 is 7.17. The van der Waals surface area contributed by atoms with Gasteiger partial charge in [-0.3, -0.25) is 0 Å². The quantitative estimate of drug-likeness (QED) is 0.730. The maximum absolute atomic E-state index is 13.2. The zero-order valence-corrected chi connectivity index (χ0v) is 12.4. The first-order valence-corrected chi connectivity index (χ1v) is 7.54. The number of hydrogen-bond donors (Lipinski definition) is 0. The molecule has 1 unspecified atom stereocenters. The molecule has 20 heavy (non-hydrogen) atoms. The van der Waals surface area contributed by atoms with Crippen LogP contribution in [-0.2, 0) is 11.2 Å². The number of rotatable bonds is 2. The van der Waals surface area contributed by atoms with Crippen LogP contribution in [0.1, 0.15) is 39.0 Å². The van der Waals surface area contributed by atoms with Crippen molar-refractivity contribution in [2.75, 3.05) is 6.61 Å². The van der Waals surface area contributed by atoms with Gasteiger partial charge in [-0.1, -0.05) is 17.7 Å². The third-order valence-corrected chi connectivity index (χ3v) is 4.75. The van der Waals surface area contributed by atoms with E-state index in [2.05, 4.69) is 0 Å². The smallest absolute Gasteiger partial charge is 0.273 e. The van der Waals surface area contributed by atoms with Gasteiger partial charge in [-0.25, -0.2) is 8.78 Å². The van der Waals surface area contributed by atoms with Crippen molar-refractivity contribution < 1.29 is 13.5 Å². The number of hydrogen-bond acceptors (Lipinski definition) is 2. The topological polar surface area (TPSA) is 9.23 Å². The number of benzene rings is 1. The van der Waals surface area contributed by atoms with E-state index in [0.29, 0.717) is 17.2 Å². The van der Waals surface area contributed by atoms with Crippen LogP contribution in [-0.4, -0.2) is 6.61 Å². The van der Waals surface area contributed by atoms with Crippen LogP contribution >= 0.6 is 22.9 Å². The number of alkyl halides is 2. The average Bonchev–Trinajstić information content (AvgIpc) is 2.80. The molecule has 2 aromatic rings. The Balaban J connectivity index is 2.11. The number of halogens is 3. The Labute approximate surface area is 125 Å². The SMILES string of the molecule is Cc1cc(C2OCCc3ccc(Cl)cc32)c(C(F)F)s1. The Morgan fingerprint density at radius 2 is 2.10 bits per heavy atom. The van der Waals surface area contributed by atoms with E-state index in [1.807, 2.05) is 25.1 Å². The number of ether oxygens (including phenoxy) is 1. The molecule has 0 bridgehead atoms. The van der Waals surface area contributed by atoms with E-state index in [1.54, 1.807) is 6.07 Å². The molecule has 1 aromatic heterocycles. The lowest BCUT2D eigenvalue weighted by molar-refractivity contribution is 0.0661. The molecule has 1 aliphatic rings. The summed E-state index contributed by atoms with van der Waals surface area (Å²) in [6.07, 6.45) is -2.13. The molecule has 1 nitrogen and oxygen atoms in total. The summed E-state index contributed by atoms with van der Waals surface area (Å²) < 4.78 is 32.1. The first-order valence-electron chi connectivity index (χ1n) is 6.34. The fourth-order valence-electron chi connectivity index (χ4n) is 2.60. The number of fused-ring (bicyclic) bond motifs is 1. The highest BCUT2D eigenvalue weighted by Gasteiger charge is 2.29. The van der Waals surface area contributed by atoms with E-state index >= 15 is 0 Å². The van der Waals surface area contributed by atoms with Gasteiger partial charge >= 0.3 is 0 Å². The Kier molecular flexibility index (Phi) is 3.80. The summed E-state index contributed by atoms with van der Waals surface area (Å²) in [7, 11) is 0. The molecule has 2 heterocycles. The van der Waals surface area contributed by atoms with Gasteiger partial charge in [0.1, 0.15) is 6.10 Å². The second kappa shape index (κ2) is 5.43. The summed E-state index contributed by atoms with van der Waals surface area (Å²) in [5.74, 6) is 0. The minimum absolute atomic E-state index is 0.0975. The van der Waals surface area contributed by atoms with Crippen molar-refractivity contribution in [1.29, 1.82) is 0 Å². The van der Waals surface area contributed by atoms with Gasteiger partial charge in [0.05, 0.1) is 11.5 Å². The molecule has 0 saturated heterocycles. The minimum atomic E-state index is -2.48. The van der Waals surface area contributed by atoms with Gasteiger partial charge in [-0.05, 0) is 42.7 Å². The third-order valence-electron chi connectivity index (χ3n) is 3.44. The van der Waals surface area contributed by atoms with Crippen LogP contribution in [0.2, 0.25) is 5.02 Å². The van der Waals surface area contributed by atoms with Crippen molar-refractivity contribution in [2.45, 2.75) is 25.9 Å². The molecule has 0 N–H and O–H groups in total. The second-order valence-electron chi connectivity index (χ2n) is 4.82. The summed E-state index contributed by atoms with van der Waals surface area (Å²) in [6, 6.07) is 7.40. The Morgan fingerprint density at radius 3 is 2.85 bits per heavy atom. The molecular weight excluding hydrogens is 302 g/mol. The number of aryl methyl sites for hydroxylation is 1. The van der Waals surface area contributed by atoms with Crippen LogP contribution in [0, 0.1) is 6.92 Å². The van der Waals surface area contributed by atoms with Crippen molar-refractivity contribution in [1.82, 2.24) is 0 Å². The summed E-state index contributed by atoms with van der Waals surface area (Å²) in [6.45, 7) is 2.37. The van der Waals surface area contributed by atoms with Gasteiger partial charge in [0.2, 0.25) is 0 Å². The molecule has 5 heteroatoms. The predicted octanol–water partition coefficient (Wildman–Crippen LogP) is 5.31. The van der Waals surface area contributed by atoms with Crippen LogP contribution in [0.15, 0.2) is 24.3 Å². The molecule has 0 saturated carbocycles. The van der Waals surface area contributed by atoms with Crippen LogP contribution in [0.4, 0.5) is 8.78 Å². The minimum Gasteiger partial charge on any atom is -0.368 e. The lowest BCUT2D eigenvalue weighted by Crippen LogP contribution is -2.17. The van der Waals surface area contributed by atoms with Crippen molar-refractivity contribution in [2.24, 2.45) is 0 Å². The van der Waals surface area contributed by atoms with E-state index in [9.17, 15) is 8.78 Å². The van der Waals surface area contributed by atoms with Crippen molar-refractivity contribution in [3.8, 4) is 0 Å². The summed E-state index contributed by atoms with van der Waals surface area (Å²) in [5, 5.41) is 0.602. The molecule has 3 rings (SSSR count). The fourth-order valence-corrected chi connectivity index (χ4v) is 3.68. The fraction of sp³-hybridized carbons (Fsp3) is 0.333. The molecule has 1 aromatic carbocycles. The van der Waals surface area contributed by atoms with Gasteiger partial charge in [-0.2, -0.15) is 0 Å². The maximum Gasteiger partial charge on any atom is 0.273 e. The van der Waals surface area contributed by atoms with E-state index < -0.39 is 12.5 Å².